The van der Waals surface area contributed by atoms with Crippen LogP contribution in [0.25, 0.3) is 20.5 Å². The van der Waals surface area contributed by atoms with Crippen LogP contribution in [-0.2, 0) is 20.9 Å². The lowest BCUT2D eigenvalue weighted by atomic mass is 9.81. The van der Waals surface area contributed by atoms with E-state index < -0.39 is 11.0 Å². The molecular formula is C32H40N2O3S. The molecule has 38 heavy (non-hydrogen) atoms. The third-order valence-electron chi connectivity index (χ3n) is 7.03. The first-order chi connectivity index (χ1) is 18.0. The van der Waals surface area contributed by atoms with Gasteiger partial charge in [-0.25, -0.2) is 0 Å². The fourth-order valence-corrected chi connectivity index (χ4v) is 5.61. The van der Waals surface area contributed by atoms with Gasteiger partial charge in [0.2, 0.25) is 5.91 Å². The van der Waals surface area contributed by atoms with Gasteiger partial charge in [0.05, 0.1) is 17.0 Å². The summed E-state index contributed by atoms with van der Waals surface area (Å²) >= 11 is 1.71. The van der Waals surface area contributed by atoms with Crippen LogP contribution in [0.4, 0.5) is 0 Å². The van der Waals surface area contributed by atoms with Gasteiger partial charge in [0.25, 0.3) is 0 Å². The number of carbonyl (C=O) groups excluding carboxylic acids is 2. The fourth-order valence-electron chi connectivity index (χ4n) is 4.56. The summed E-state index contributed by atoms with van der Waals surface area (Å²) in [7, 11) is 0. The van der Waals surface area contributed by atoms with Crippen LogP contribution in [0.5, 0.6) is 0 Å². The monoisotopic (exact) mass is 532 g/mol. The Hall–Kier alpha value is -3.17. The van der Waals surface area contributed by atoms with E-state index in [1.54, 1.807) is 11.3 Å². The molecular weight excluding hydrogens is 492 g/mol. The molecule has 0 bridgehead atoms. The smallest absolute Gasteiger partial charge is 0.314 e. The van der Waals surface area contributed by atoms with Crippen molar-refractivity contribution in [1.29, 1.82) is 5.26 Å². The van der Waals surface area contributed by atoms with Gasteiger partial charge in [0.15, 0.2) is 0 Å². The lowest BCUT2D eigenvalue weighted by Gasteiger charge is -2.37. The Balaban J connectivity index is 1.90. The highest BCUT2D eigenvalue weighted by molar-refractivity contribution is 7.22. The third-order valence-corrected chi connectivity index (χ3v) is 8.19. The molecule has 2 aromatic carbocycles. The molecule has 3 aromatic rings. The topological polar surface area (TPSA) is 70.4 Å². The van der Waals surface area contributed by atoms with Crippen LogP contribution in [0.3, 0.4) is 0 Å². The molecule has 0 aliphatic rings. The van der Waals surface area contributed by atoms with E-state index in [2.05, 4.69) is 37.3 Å². The first kappa shape index (κ1) is 29.4. The number of rotatable bonds is 11. The van der Waals surface area contributed by atoms with Gasteiger partial charge in [-0.1, -0.05) is 45.4 Å². The number of ether oxygens (including phenoxy) is 1. The summed E-state index contributed by atoms with van der Waals surface area (Å²) in [6.07, 6.45) is 3.45. The number of hydrogen-bond donors (Lipinski definition) is 0. The lowest BCUT2D eigenvalue weighted by molar-refractivity contribution is -0.170. The first-order valence-electron chi connectivity index (χ1n) is 13.6. The molecule has 0 N–H and O–H groups in total. The second kappa shape index (κ2) is 12.6. The molecule has 0 fully saturated rings. The Bertz CT molecular complexity index is 1290. The van der Waals surface area contributed by atoms with Crippen molar-refractivity contribution in [2.75, 3.05) is 6.54 Å². The SMILES string of the molecule is CCCCC(=O)N(Cc1ccc2sc(-c3ccc(C#N)cc3)cc2c1)CC(CC)(CC)C(=O)OC(C)(C)C. The number of esters is 1. The van der Waals surface area contributed by atoms with Crippen molar-refractivity contribution in [3.05, 3.63) is 59.7 Å². The van der Waals surface area contributed by atoms with E-state index in [0.29, 0.717) is 37.9 Å². The predicted octanol–water partition coefficient (Wildman–Crippen LogP) is 8.11. The molecule has 0 saturated carbocycles. The van der Waals surface area contributed by atoms with Crippen LogP contribution in [0.1, 0.15) is 84.8 Å². The van der Waals surface area contributed by atoms with Crippen LogP contribution in [0.15, 0.2) is 48.5 Å². The zero-order chi connectivity index (χ0) is 27.9. The largest absolute Gasteiger partial charge is 0.459 e. The molecule has 1 aromatic heterocycles. The number of unbranched alkanes of at least 4 members (excludes halogenated alkanes) is 1. The molecule has 5 nitrogen and oxygen atoms in total. The van der Waals surface area contributed by atoms with Crippen molar-refractivity contribution in [2.24, 2.45) is 5.41 Å². The van der Waals surface area contributed by atoms with Gasteiger partial charge >= 0.3 is 5.97 Å². The number of fused-ring (bicyclic) bond motifs is 1. The average molecular weight is 533 g/mol. The second-order valence-corrected chi connectivity index (χ2v) is 12.1. The minimum atomic E-state index is -0.746. The maximum absolute atomic E-state index is 13.4. The number of amides is 1. The molecule has 0 unspecified atom stereocenters. The van der Waals surface area contributed by atoms with Gasteiger partial charge < -0.3 is 9.64 Å². The lowest BCUT2D eigenvalue weighted by Crippen LogP contribution is -2.47. The summed E-state index contributed by atoms with van der Waals surface area (Å²) in [5, 5.41) is 10.2. The van der Waals surface area contributed by atoms with Crippen molar-refractivity contribution in [1.82, 2.24) is 4.90 Å². The summed E-state index contributed by atoms with van der Waals surface area (Å²) in [6, 6.07) is 18.3. The van der Waals surface area contributed by atoms with Crippen LogP contribution in [0, 0.1) is 16.7 Å². The molecule has 0 spiro atoms. The maximum atomic E-state index is 13.4. The number of carbonyl (C=O) groups is 2. The van der Waals surface area contributed by atoms with Crippen molar-refractivity contribution in [3.8, 4) is 16.5 Å². The van der Waals surface area contributed by atoms with E-state index in [9.17, 15) is 9.59 Å². The van der Waals surface area contributed by atoms with Crippen LogP contribution >= 0.6 is 11.3 Å². The Morgan fingerprint density at radius 3 is 2.26 bits per heavy atom. The average Bonchev–Trinajstić information content (AvgIpc) is 3.32. The number of thiophene rings is 1. The highest BCUT2D eigenvalue weighted by atomic mass is 32.1. The molecule has 6 heteroatoms. The molecule has 0 aliphatic heterocycles. The maximum Gasteiger partial charge on any atom is 0.314 e. The van der Waals surface area contributed by atoms with E-state index in [1.807, 2.05) is 63.8 Å². The van der Waals surface area contributed by atoms with Crippen molar-refractivity contribution in [3.63, 3.8) is 0 Å². The quantitative estimate of drug-likeness (QED) is 0.234. The Labute approximate surface area is 231 Å². The van der Waals surface area contributed by atoms with Crippen molar-refractivity contribution in [2.45, 2.75) is 85.8 Å². The van der Waals surface area contributed by atoms with Gasteiger partial charge in [0.1, 0.15) is 5.60 Å². The number of nitriles is 1. The molecule has 1 heterocycles. The molecule has 0 radical (unpaired) electrons. The Morgan fingerprint density at radius 2 is 1.68 bits per heavy atom. The van der Waals surface area contributed by atoms with Gasteiger partial charge in [-0.2, -0.15) is 5.26 Å². The number of benzene rings is 2. The Kier molecular flexibility index (Phi) is 9.73. The second-order valence-electron chi connectivity index (χ2n) is 11.0. The third kappa shape index (κ3) is 7.23. The van der Waals surface area contributed by atoms with E-state index in [1.165, 1.54) is 4.70 Å². The fraction of sp³-hybridized carbons (Fsp3) is 0.469. The van der Waals surface area contributed by atoms with Gasteiger partial charge in [-0.3, -0.25) is 9.59 Å². The minimum absolute atomic E-state index is 0.0744. The van der Waals surface area contributed by atoms with E-state index in [0.717, 1.165) is 34.2 Å². The van der Waals surface area contributed by atoms with Gasteiger partial charge in [-0.15, -0.1) is 11.3 Å². The molecule has 202 valence electrons. The zero-order valence-corrected chi connectivity index (χ0v) is 24.4. The molecule has 3 rings (SSSR count). The molecule has 0 aliphatic carbocycles. The van der Waals surface area contributed by atoms with E-state index >= 15 is 0 Å². The van der Waals surface area contributed by atoms with Gasteiger partial charge in [-0.05, 0) is 86.9 Å². The predicted molar refractivity (Wildman–Crippen MR) is 156 cm³/mol. The molecule has 0 atom stereocenters. The van der Waals surface area contributed by atoms with Crippen LogP contribution in [-0.4, -0.2) is 28.9 Å². The summed E-state index contributed by atoms with van der Waals surface area (Å²) in [5.74, 6) is -0.158. The summed E-state index contributed by atoms with van der Waals surface area (Å²) in [5.41, 5.74) is 1.43. The number of hydrogen-bond acceptors (Lipinski definition) is 5. The first-order valence-corrected chi connectivity index (χ1v) is 14.4. The summed E-state index contributed by atoms with van der Waals surface area (Å²) in [4.78, 5) is 29.7. The summed E-state index contributed by atoms with van der Waals surface area (Å²) in [6.45, 7) is 12.5. The van der Waals surface area contributed by atoms with Gasteiger partial charge in [0, 0.05) is 29.1 Å². The van der Waals surface area contributed by atoms with Crippen LogP contribution < -0.4 is 0 Å². The normalized spacial score (nSPS) is 11.8. The van der Waals surface area contributed by atoms with Crippen molar-refractivity contribution >= 4 is 33.3 Å². The van der Waals surface area contributed by atoms with Crippen molar-refractivity contribution < 1.29 is 14.3 Å². The highest BCUT2D eigenvalue weighted by Crippen LogP contribution is 2.35. The molecule has 0 saturated heterocycles. The highest BCUT2D eigenvalue weighted by Gasteiger charge is 2.41. The van der Waals surface area contributed by atoms with Crippen LogP contribution in [0.2, 0.25) is 0 Å². The Morgan fingerprint density at radius 1 is 1.00 bits per heavy atom. The standard InChI is InChI=1S/C32H40N2O3S/c1-7-10-11-29(35)34(22-32(8-2,9-3)30(36)37-31(4,5)6)21-24-14-17-27-26(18-24)19-28(38-27)25-15-12-23(20-33)13-16-25/h12-19H,7-11,21-22H2,1-6H3. The zero-order valence-electron chi connectivity index (χ0n) is 23.6. The minimum Gasteiger partial charge on any atom is -0.459 e. The van der Waals surface area contributed by atoms with E-state index in [-0.39, 0.29) is 11.9 Å². The van der Waals surface area contributed by atoms with E-state index in [4.69, 9.17) is 10.00 Å². The number of nitrogens with zero attached hydrogens (tertiary/aromatic N) is 2. The summed E-state index contributed by atoms with van der Waals surface area (Å²) < 4.78 is 6.99. The molecule has 1 amide bonds.